The van der Waals surface area contributed by atoms with Crippen molar-refractivity contribution in [3.8, 4) is 0 Å². The normalized spacial score (nSPS) is 26.5. The molecule has 1 fully saturated rings. The zero-order valence-corrected chi connectivity index (χ0v) is 15.6. The van der Waals surface area contributed by atoms with Gasteiger partial charge in [0, 0.05) is 29.9 Å². The maximum Gasteiger partial charge on any atom is 0.353 e. The Balaban J connectivity index is 1.88. The summed E-state index contributed by atoms with van der Waals surface area (Å²) in [4.78, 5) is 26.2. The van der Waals surface area contributed by atoms with Gasteiger partial charge in [-0.1, -0.05) is 6.92 Å². The highest BCUT2D eigenvalue weighted by atomic mass is 32.2. The average Bonchev–Trinajstić information content (AvgIpc) is 2.77. The van der Waals surface area contributed by atoms with E-state index in [0.29, 0.717) is 5.75 Å². The molecule has 1 aromatic rings. The Labute approximate surface area is 151 Å². The molecule has 2 aliphatic heterocycles. The predicted octanol–water partition coefficient (Wildman–Crippen LogP) is 1.21. The summed E-state index contributed by atoms with van der Waals surface area (Å²) in [5, 5.41) is 19.5. The molecule has 25 heavy (non-hydrogen) atoms. The van der Waals surface area contributed by atoms with Gasteiger partial charge in [-0.15, -0.1) is 11.8 Å². The second kappa shape index (κ2) is 6.46. The molecular formula is C18H23N2O4S+. The molecule has 2 aliphatic rings. The Bertz CT molecular complexity index is 774. The average molecular weight is 363 g/mol. The van der Waals surface area contributed by atoms with Gasteiger partial charge in [-0.3, -0.25) is 4.79 Å². The lowest BCUT2D eigenvalue weighted by Crippen LogP contribution is -2.63. The number of aliphatic hydroxyl groups is 1. The Morgan fingerprint density at radius 2 is 2.12 bits per heavy atom. The number of hydrogen-bond donors (Lipinski definition) is 2. The molecule has 0 radical (unpaired) electrons. The fourth-order valence-corrected chi connectivity index (χ4v) is 5.08. The van der Waals surface area contributed by atoms with Gasteiger partial charge in [0.1, 0.15) is 12.7 Å². The van der Waals surface area contributed by atoms with Gasteiger partial charge in [0.15, 0.2) is 11.4 Å². The van der Waals surface area contributed by atoms with Gasteiger partial charge >= 0.3 is 5.97 Å². The van der Waals surface area contributed by atoms with E-state index in [1.54, 1.807) is 6.92 Å². The van der Waals surface area contributed by atoms with E-state index in [9.17, 15) is 19.8 Å². The van der Waals surface area contributed by atoms with Crippen LogP contribution in [0.2, 0.25) is 0 Å². The van der Waals surface area contributed by atoms with Crippen molar-refractivity contribution in [3.05, 3.63) is 40.2 Å². The number of aliphatic hydroxyl groups excluding tert-OH is 1. The number of carboxylic acids is 1. The van der Waals surface area contributed by atoms with Gasteiger partial charge in [0.05, 0.1) is 23.8 Å². The molecule has 1 aromatic heterocycles. The molecule has 3 rings (SSSR count). The van der Waals surface area contributed by atoms with E-state index in [2.05, 4.69) is 4.57 Å². The van der Waals surface area contributed by atoms with Crippen molar-refractivity contribution in [2.45, 2.75) is 38.7 Å². The molecule has 2 unspecified atom stereocenters. The van der Waals surface area contributed by atoms with Crippen LogP contribution >= 0.6 is 11.8 Å². The number of rotatable bonds is 5. The Morgan fingerprint density at radius 3 is 2.72 bits per heavy atom. The van der Waals surface area contributed by atoms with E-state index in [1.165, 1.54) is 16.7 Å². The highest BCUT2D eigenvalue weighted by Gasteiger charge is 2.59. The summed E-state index contributed by atoms with van der Waals surface area (Å²) in [6.45, 7) is 5.55. The highest BCUT2D eigenvalue weighted by Crippen LogP contribution is 2.50. The first-order valence-corrected chi connectivity index (χ1v) is 9.30. The first kappa shape index (κ1) is 17.9. The van der Waals surface area contributed by atoms with E-state index in [1.807, 2.05) is 39.1 Å². The summed E-state index contributed by atoms with van der Waals surface area (Å²) in [7, 11) is 1.98. The van der Waals surface area contributed by atoms with E-state index in [0.717, 1.165) is 16.3 Å². The summed E-state index contributed by atoms with van der Waals surface area (Å²) < 4.78 is 2.08. The SMILES string of the molecule is Cc1cccc(CSC2=C(C(=O)O)N3C(=O)C([C@@H](C)O)C3[C@H]2C)[n+]1C. The minimum Gasteiger partial charge on any atom is -0.477 e. The summed E-state index contributed by atoms with van der Waals surface area (Å²) in [6.07, 6.45) is -0.773. The number of carbonyl (C=O) groups excluding carboxylic acids is 1. The molecule has 134 valence electrons. The van der Waals surface area contributed by atoms with Crippen molar-refractivity contribution >= 4 is 23.6 Å². The summed E-state index contributed by atoms with van der Waals surface area (Å²) >= 11 is 1.47. The van der Waals surface area contributed by atoms with Crippen LogP contribution < -0.4 is 4.57 Å². The number of aromatic nitrogens is 1. The third-order valence-electron chi connectivity index (χ3n) is 5.27. The lowest BCUT2D eigenvalue weighted by atomic mass is 9.79. The molecule has 4 atom stereocenters. The zero-order chi connectivity index (χ0) is 18.5. The number of thioether (sulfide) groups is 1. The van der Waals surface area contributed by atoms with E-state index in [4.69, 9.17) is 0 Å². The van der Waals surface area contributed by atoms with Crippen LogP contribution in [0.5, 0.6) is 0 Å². The van der Waals surface area contributed by atoms with E-state index in [-0.39, 0.29) is 23.6 Å². The smallest absolute Gasteiger partial charge is 0.353 e. The van der Waals surface area contributed by atoms with Crippen LogP contribution in [-0.4, -0.2) is 39.1 Å². The molecule has 2 N–H and O–H groups in total. The standard InChI is InChI=1S/C18H22N2O4S/c1-9-6-5-7-12(19(9)4)8-25-16-10(2)14-13(11(3)21)17(22)20(14)15(16)18(23)24/h5-7,10-11,13-14,21H,8H2,1-4H3/p+1/t10-,11-,13?,14?/m1/s1. The maximum atomic E-state index is 12.3. The van der Waals surface area contributed by atoms with Crippen molar-refractivity contribution in [1.82, 2.24) is 4.90 Å². The summed E-state index contributed by atoms with van der Waals surface area (Å²) in [6, 6.07) is 5.76. The van der Waals surface area contributed by atoms with E-state index < -0.39 is 18.0 Å². The van der Waals surface area contributed by atoms with Crippen molar-refractivity contribution < 1.29 is 24.4 Å². The Hall–Kier alpha value is -1.86. The largest absolute Gasteiger partial charge is 0.477 e. The highest BCUT2D eigenvalue weighted by molar-refractivity contribution is 8.02. The number of carbonyl (C=O) groups is 2. The number of β-lactam (4-membered cyclic amide) rings is 1. The predicted molar refractivity (Wildman–Crippen MR) is 93.3 cm³/mol. The third kappa shape index (κ3) is 2.75. The van der Waals surface area contributed by atoms with Crippen LogP contribution in [0.25, 0.3) is 0 Å². The Kier molecular flexibility index (Phi) is 4.64. The number of amides is 1. The van der Waals surface area contributed by atoms with Crippen molar-refractivity contribution in [3.63, 3.8) is 0 Å². The van der Waals surface area contributed by atoms with Crippen molar-refractivity contribution in [1.29, 1.82) is 0 Å². The van der Waals surface area contributed by atoms with Gasteiger partial charge in [-0.05, 0) is 13.0 Å². The summed E-state index contributed by atoms with van der Waals surface area (Å²) in [5.74, 6) is -1.35. The molecule has 3 heterocycles. The molecule has 0 bridgehead atoms. The molecule has 0 spiro atoms. The van der Waals surface area contributed by atoms with Gasteiger partial charge in [-0.2, -0.15) is 0 Å². The topological polar surface area (TPSA) is 81.7 Å². The van der Waals surface area contributed by atoms with Gasteiger partial charge in [0.25, 0.3) is 0 Å². The molecule has 1 amide bonds. The molecule has 0 saturated carbocycles. The summed E-state index contributed by atoms with van der Waals surface area (Å²) in [5.41, 5.74) is 2.29. The molecule has 6 nitrogen and oxygen atoms in total. The zero-order valence-electron chi connectivity index (χ0n) is 14.8. The lowest BCUT2D eigenvalue weighted by molar-refractivity contribution is -0.684. The van der Waals surface area contributed by atoms with E-state index >= 15 is 0 Å². The molecular weight excluding hydrogens is 340 g/mol. The second-order valence-electron chi connectivity index (χ2n) is 6.78. The minimum absolute atomic E-state index is 0.0831. The second-order valence-corrected chi connectivity index (χ2v) is 7.80. The maximum absolute atomic E-state index is 12.3. The first-order chi connectivity index (χ1) is 11.8. The first-order valence-electron chi connectivity index (χ1n) is 8.31. The lowest BCUT2D eigenvalue weighted by Gasteiger charge is -2.46. The van der Waals surface area contributed by atoms with Crippen LogP contribution in [-0.2, 0) is 22.4 Å². The van der Waals surface area contributed by atoms with Crippen molar-refractivity contribution in [2.75, 3.05) is 0 Å². The molecule has 0 aliphatic carbocycles. The number of hydrogen-bond acceptors (Lipinski definition) is 4. The van der Waals surface area contributed by atoms with Gasteiger partial charge < -0.3 is 15.1 Å². The molecule has 0 aromatic carbocycles. The van der Waals surface area contributed by atoms with Crippen LogP contribution in [0.1, 0.15) is 25.2 Å². The van der Waals surface area contributed by atoms with Crippen LogP contribution in [0.3, 0.4) is 0 Å². The number of aliphatic carboxylic acids is 1. The number of aryl methyl sites for hydroxylation is 1. The van der Waals surface area contributed by atoms with Crippen LogP contribution in [0.4, 0.5) is 0 Å². The van der Waals surface area contributed by atoms with Gasteiger partial charge in [-0.25, -0.2) is 9.36 Å². The third-order valence-corrected chi connectivity index (χ3v) is 6.59. The fraction of sp³-hybridized carbons (Fsp3) is 0.500. The molecule has 7 heteroatoms. The number of nitrogens with zero attached hydrogens (tertiary/aromatic N) is 2. The monoisotopic (exact) mass is 363 g/mol. The number of pyridine rings is 1. The quantitative estimate of drug-likeness (QED) is 0.607. The Morgan fingerprint density at radius 1 is 1.44 bits per heavy atom. The molecule has 1 saturated heterocycles. The van der Waals surface area contributed by atoms with Crippen molar-refractivity contribution in [2.24, 2.45) is 18.9 Å². The number of carboxylic acid groups (broad SMARTS) is 1. The minimum atomic E-state index is -1.08. The van der Waals surface area contributed by atoms with Crippen LogP contribution in [0.15, 0.2) is 28.8 Å². The fourth-order valence-electron chi connectivity index (χ4n) is 3.76. The van der Waals surface area contributed by atoms with Gasteiger partial charge in [0.2, 0.25) is 5.91 Å². The number of fused-ring (bicyclic) bond motifs is 1. The van der Waals surface area contributed by atoms with Crippen LogP contribution in [0, 0.1) is 18.8 Å².